The average Bonchev–Trinajstić information content (AvgIpc) is 3.70. The molecule has 5 atom stereocenters. The van der Waals surface area contributed by atoms with E-state index in [0.29, 0.717) is 36.9 Å². The standard InChI is InChI=1S/C40H60N6O7/c1-10-19-40(44-26-16-17-26)33(48)38(53)46(40)36(51)31-27(21(2)3)18-20-45(31)37(52)32(39(7,8)9)43-34(49)29(25-14-12-11-13-15-25)42-35(50)30-28(24(6)47)22(4)23(5)41-30/h21,25-27,29,31-32,41,44H,10-20H2,1-9H3,(H,42,50)(H,43,49)/t27-,29+,31+,32-,40+/m1/s1. The fraction of sp³-hybridized carbons (Fsp3) is 0.725. The number of rotatable bonds is 13. The van der Waals surface area contributed by atoms with Gasteiger partial charge in [-0.2, -0.15) is 0 Å². The molecule has 4 aliphatic rings. The van der Waals surface area contributed by atoms with Crippen LogP contribution in [0.1, 0.15) is 145 Å². The van der Waals surface area contributed by atoms with Gasteiger partial charge in [-0.25, -0.2) is 4.90 Å². The molecule has 5 rings (SSSR count). The minimum atomic E-state index is -1.41. The Morgan fingerprint density at radius 1 is 0.943 bits per heavy atom. The zero-order valence-electron chi connectivity index (χ0n) is 33.1. The normalized spacial score (nSPS) is 24.9. The third-order valence-corrected chi connectivity index (χ3v) is 12.0. The highest BCUT2D eigenvalue weighted by molar-refractivity contribution is 6.49. The van der Waals surface area contributed by atoms with Gasteiger partial charge in [-0.3, -0.25) is 38.9 Å². The summed E-state index contributed by atoms with van der Waals surface area (Å²) in [5, 5.41) is 9.25. The molecule has 2 saturated carbocycles. The van der Waals surface area contributed by atoms with E-state index >= 15 is 0 Å². The first-order valence-corrected chi connectivity index (χ1v) is 19.7. The van der Waals surface area contributed by atoms with Gasteiger partial charge in [0.15, 0.2) is 11.4 Å². The third kappa shape index (κ3) is 7.73. The number of Topliss-reactive ketones (excluding diaryl/α,β-unsaturated/α-hetero) is 2. The van der Waals surface area contributed by atoms with Gasteiger partial charge in [0.05, 0.1) is 5.56 Å². The van der Waals surface area contributed by atoms with Gasteiger partial charge >= 0.3 is 5.91 Å². The fourth-order valence-electron chi connectivity index (χ4n) is 8.81. The van der Waals surface area contributed by atoms with E-state index in [1.807, 2.05) is 41.5 Å². The summed E-state index contributed by atoms with van der Waals surface area (Å²) in [6.07, 6.45) is 7.33. The highest BCUT2D eigenvalue weighted by atomic mass is 16.2. The Morgan fingerprint density at radius 3 is 2.13 bits per heavy atom. The number of carbonyl (C=O) groups is 7. The van der Waals surface area contributed by atoms with Gasteiger partial charge in [-0.05, 0) is 88.0 Å². The predicted molar refractivity (Wildman–Crippen MR) is 199 cm³/mol. The van der Waals surface area contributed by atoms with Gasteiger partial charge < -0.3 is 20.5 Å². The van der Waals surface area contributed by atoms with Crippen molar-refractivity contribution in [2.75, 3.05) is 6.54 Å². The van der Waals surface area contributed by atoms with Crippen LogP contribution in [0.4, 0.5) is 0 Å². The van der Waals surface area contributed by atoms with Crippen molar-refractivity contribution in [1.29, 1.82) is 0 Å². The largest absolute Gasteiger partial charge is 0.354 e. The van der Waals surface area contributed by atoms with Gasteiger partial charge in [0.1, 0.15) is 23.8 Å². The Kier molecular flexibility index (Phi) is 11.8. The summed E-state index contributed by atoms with van der Waals surface area (Å²) in [4.78, 5) is 102. The van der Waals surface area contributed by atoms with E-state index in [4.69, 9.17) is 0 Å². The number of hydrogen-bond donors (Lipinski definition) is 4. The van der Waals surface area contributed by atoms with E-state index in [-0.39, 0.29) is 53.8 Å². The van der Waals surface area contributed by atoms with Crippen molar-refractivity contribution in [2.24, 2.45) is 23.2 Å². The second-order valence-electron chi connectivity index (χ2n) is 17.3. The summed E-state index contributed by atoms with van der Waals surface area (Å²) >= 11 is 0. The van der Waals surface area contributed by atoms with Crippen LogP contribution in [0.25, 0.3) is 0 Å². The molecule has 1 aromatic heterocycles. The number of likely N-dealkylation sites (tertiary alicyclic amines) is 2. The molecule has 292 valence electrons. The van der Waals surface area contributed by atoms with E-state index in [2.05, 4.69) is 20.9 Å². The van der Waals surface area contributed by atoms with Crippen LogP contribution in [-0.2, 0) is 24.0 Å². The minimum absolute atomic E-state index is 0.0143. The molecule has 53 heavy (non-hydrogen) atoms. The number of H-pyrrole nitrogens is 1. The number of imide groups is 1. The van der Waals surface area contributed by atoms with Gasteiger partial charge in [-0.1, -0.05) is 67.2 Å². The number of carbonyl (C=O) groups excluding carboxylic acids is 7. The third-order valence-electron chi connectivity index (χ3n) is 12.0. The molecule has 0 bridgehead atoms. The first kappa shape index (κ1) is 40.3. The molecule has 13 nitrogen and oxygen atoms in total. The van der Waals surface area contributed by atoms with E-state index in [0.717, 1.165) is 37.0 Å². The quantitative estimate of drug-likeness (QED) is 0.101. The molecule has 5 amide bonds. The molecule has 0 aromatic carbocycles. The van der Waals surface area contributed by atoms with Gasteiger partial charge in [0, 0.05) is 18.3 Å². The molecule has 3 heterocycles. The molecule has 2 aliphatic carbocycles. The van der Waals surface area contributed by atoms with Crippen molar-refractivity contribution < 1.29 is 33.6 Å². The number of β-lactam (4-membered cyclic amide) rings is 1. The lowest BCUT2D eigenvalue weighted by Crippen LogP contribution is -2.81. The van der Waals surface area contributed by atoms with Gasteiger partial charge in [0.2, 0.25) is 11.8 Å². The number of aromatic amines is 1. The summed E-state index contributed by atoms with van der Waals surface area (Å²) in [5.41, 5.74) is -0.468. The van der Waals surface area contributed by atoms with Gasteiger partial charge in [-0.15, -0.1) is 0 Å². The molecule has 0 radical (unpaired) electrons. The lowest BCUT2D eigenvalue weighted by molar-refractivity contribution is -0.183. The molecule has 1 aromatic rings. The summed E-state index contributed by atoms with van der Waals surface area (Å²) in [7, 11) is 0. The van der Waals surface area contributed by atoms with Crippen molar-refractivity contribution in [1.82, 2.24) is 30.7 Å². The lowest BCUT2D eigenvalue weighted by Gasteiger charge is -2.51. The summed E-state index contributed by atoms with van der Waals surface area (Å²) in [6.45, 7) is 16.6. The maximum Gasteiger partial charge on any atom is 0.302 e. The second kappa shape index (κ2) is 15.5. The van der Waals surface area contributed by atoms with Crippen LogP contribution in [0.3, 0.4) is 0 Å². The van der Waals surface area contributed by atoms with Crippen molar-refractivity contribution in [2.45, 2.75) is 156 Å². The highest BCUT2D eigenvalue weighted by Crippen LogP contribution is 2.40. The fourth-order valence-corrected chi connectivity index (χ4v) is 8.81. The Bertz CT molecular complexity index is 1650. The van der Waals surface area contributed by atoms with Crippen LogP contribution in [0.2, 0.25) is 0 Å². The molecule has 4 N–H and O–H groups in total. The van der Waals surface area contributed by atoms with Crippen LogP contribution in [0.15, 0.2) is 0 Å². The summed E-state index contributed by atoms with van der Waals surface area (Å²) in [5.74, 6) is -4.30. The smallest absolute Gasteiger partial charge is 0.302 e. The first-order chi connectivity index (χ1) is 24.8. The Morgan fingerprint density at radius 2 is 1.58 bits per heavy atom. The molecular formula is C40H60N6O7. The molecular weight excluding hydrogens is 676 g/mol. The number of ketones is 2. The zero-order valence-corrected chi connectivity index (χ0v) is 33.1. The summed E-state index contributed by atoms with van der Waals surface area (Å²) < 4.78 is 0. The lowest BCUT2D eigenvalue weighted by atomic mass is 9.81. The summed E-state index contributed by atoms with van der Waals surface area (Å²) in [6, 6.07) is -3.01. The van der Waals surface area contributed by atoms with E-state index in [1.54, 1.807) is 13.8 Å². The first-order valence-electron chi connectivity index (χ1n) is 19.7. The monoisotopic (exact) mass is 736 g/mol. The zero-order chi connectivity index (χ0) is 39.2. The Hall–Kier alpha value is -3.87. The van der Waals surface area contributed by atoms with Crippen LogP contribution in [0.5, 0.6) is 0 Å². The topological polar surface area (TPSA) is 178 Å². The molecule has 2 saturated heterocycles. The number of aromatic nitrogens is 1. The van der Waals surface area contributed by atoms with Crippen LogP contribution < -0.4 is 16.0 Å². The van der Waals surface area contributed by atoms with Crippen molar-refractivity contribution in [3.63, 3.8) is 0 Å². The van der Waals surface area contributed by atoms with E-state index in [1.165, 1.54) is 11.8 Å². The number of nitrogens with zero attached hydrogens (tertiary/aromatic N) is 2. The molecule has 13 heteroatoms. The Labute approximate surface area is 313 Å². The number of aryl methyl sites for hydroxylation is 1. The highest BCUT2D eigenvalue weighted by Gasteiger charge is 2.65. The SMILES string of the molecule is CCC[C@@]1(NC2CC2)C(=O)C(=O)N1C(=O)[C@@H]1[C@@H](C(C)C)CCN1C(=O)[C@@H](NC(=O)[C@@H](NC(=O)c1[nH]c(C)c(C)c1C(C)=O)C1CCCCC1)C(C)(C)C. The van der Waals surface area contributed by atoms with Crippen molar-refractivity contribution in [3.8, 4) is 0 Å². The molecule has 0 spiro atoms. The second-order valence-corrected chi connectivity index (χ2v) is 17.3. The Balaban J connectivity index is 1.44. The number of nitrogens with one attached hydrogen (secondary N) is 4. The average molecular weight is 737 g/mol. The maximum atomic E-state index is 14.8. The number of amides is 5. The molecule has 4 fully saturated rings. The van der Waals surface area contributed by atoms with Crippen molar-refractivity contribution in [3.05, 3.63) is 22.5 Å². The predicted octanol–water partition coefficient (Wildman–Crippen LogP) is 4.10. The maximum absolute atomic E-state index is 14.8. The van der Waals surface area contributed by atoms with Crippen LogP contribution >= 0.6 is 0 Å². The molecule has 0 unspecified atom stereocenters. The van der Waals surface area contributed by atoms with Crippen LogP contribution in [0, 0.1) is 37.0 Å². The van der Waals surface area contributed by atoms with Gasteiger partial charge in [0.25, 0.3) is 17.6 Å². The van der Waals surface area contributed by atoms with E-state index < -0.39 is 64.5 Å². The molecule has 2 aliphatic heterocycles. The minimum Gasteiger partial charge on any atom is -0.354 e. The number of hydrogen-bond acceptors (Lipinski definition) is 8. The van der Waals surface area contributed by atoms with Crippen molar-refractivity contribution >= 4 is 41.1 Å². The van der Waals surface area contributed by atoms with Crippen LogP contribution in [-0.4, -0.2) is 92.3 Å². The van der Waals surface area contributed by atoms with E-state index in [9.17, 15) is 33.6 Å².